The van der Waals surface area contributed by atoms with Crippen molar-refractivity contribution in [1.29, 1.82) is 0 Å². The van der Waals surface area contributed by atoms with E-state index in [1.165, 1.54) is 29.7 Å². The van der Waals surface area contributed by atoms with Crippen LogP contribution < -0.4 is 0 Å². The zero-order chi connectivity index (χ0) is 12.8. The van der Waals surface area contributed by atoms with E-state index >= 15 is 0 Å². The summed E-state index contributed by atoms with van der Waals surface area (Å²) in [5.41, 5.74) is 0.911. The first-order chi connectivity index (χ1) is 8.60. The number of hydrogen-bond donors (Lipinski definition) is 1. The van der Waals surface area contributed by atoms with Gasteiger partial charge in [-0.3, -0.25) is 9.69 Å². The fourth-order valence-corrected chi connectivity index (χ4v) is 4.26. The standard InChI is InChI=1S/C14H19NO2S/c1-14(13(16)17)6-7-15(9-14)11-3-2-4-12-10(11)5-8-18-12/h5,8,11H,2-4,6-7,9H2,1H3,(H,16,17). The quantitative estimate of drug-likeness (QED) is 0.894. The average molecular weight is 265 g/mol. The Balaban J connectivity index is 1.81. The molecular weight excluding hydrogens is 246 g/mol. The maximum absolute atomic E-state index is 11.3. The third kappa shape index (κ3) is 1.88. The van der Waals surface area contributed by atoms with Gasteiger partial charge < -0.3 is 5.11 Å². The van der Waals surface area contributed by atoms with Crippen molar-refractivity contribution in [2.45, 2.75) is 38.6 Å². The fraction of sp³-hybridized carbons (Fsp3) is 0.643. The van der Waals surface area contributed by atoms with Crippen molar-refractivity contribution in [2.24, 2.45) is 5.41 Å². The Bertz CT molecular complexity index is 470. The lowest BCUT2D eigenvalue weighted by atomic mass is 9.89. The molecule has 3 nitrogen and oxygen atoms in total. The first-order valence-electron chi connectivity index (χ1n) is 6.64. The molecule has 1 fully saturated rings. The van der Waals surface area contributed by atoms with Gasteiger partial charge >= 0.3 is 5.97 Å². The van der Waals surface area contributed by atoms with Crippen LogP contribution in [0.2, 0.25) is 0 Å². The average Bonchev–Trinajstić information content (AvgIpc) is 2.95. The topological polar surface area (TPSA) is 40.5 Å². The van der Waals surface area contributed by atoms with Crippen LogP contribution in [0, 0.1) is 5.41 Å². The van der Waals surface area contributed by atoms with Gasteiger partial charge in [0.25, 0.3) is 0 Å². The number of aliphatic carboxylic acids is 1. The molecule has 3 rings (SSSR count). The summed E-state index contributed by atoms with van der Waals surface area (Å²) in [5.74, 6) is -0.647. The van der Waals surface area contributed by atoms with E-state index in [0.29, 0.717) is 12.6 Å². The lowest BCUT2D eigenvalue weighted by molar-refractivity contribution is -0.147. The van der Waals surface area contributed by atoms with Crippen LogP contribution in [0.15, 0.2) is 11.4 Å². The van der Waals surface area contributed by atoms with E-state index in [1.54, 1.807) is 0 Å². The van der Waals surface area contributed by atoms with E-state index in [0.717, 1.165) is 13.0 Å². The Labute approximate surface area is 111 Å². The van der Waals surface area contributed by atoms with Crippen LogP contribution in [0.25, 0.3) is 0 Å². The Morgan fingerprint density at radius 2 is 2.44 bits per heavy atom. The van der Waals surface area contributed by atoms with Crippen LogP contribution in [0.5, 0.6) is 0 Å². The van der Waals surface area contributed by atoms with Crippen molar-refractivity contribution in [3.05, 3.63) is 21.9 Å². The number of hydrogen-bond acceptors (Lipinski definition) is 3. The monoisotopic (exact) mass is 265 g/mol. The minimum Gasteiger partial charge on any atom is -0.481 e. The Hall–Kier alpha value is -0.870. The van der Waals surface area contributed by atoms with Crippen LogP contribution in [-0.2, 0) is 11.2 Å². The maximum Gasteiger partial charge on any atom is 0.310 e. The summed E-state index contributed by atoms with van der Waals surface area (Å²) < 4.78 is 0. The van der Waals surface area contributed by atoms with Crippen molar-refractivity contribution < 1.29 is 9.90 Å². The van der Waals surface area contributed by atoms with Crippen LogP contribution in [-0.4, -0.2) is 29.1 Å². The lowest BCUT2D eigenvalue weighted by Crippen LogP contribution is -2.34. The predicted molar refractivity (Wildman–Crippen MR) is 71.9 cm³/mol. The summed E-state index contributed by atoms with van der Waals surface area (Å²) in [5, 5.41) is 11.5. The molecule has 2 heterocycles. The number of carbonyl (C=O) groups is 1. The number of rotatable bonds is 2. The van der Waals surface area contributed by atoms with E-state index in [9.17, 15) is 9.90 Å². The molecule has 1 N–H and O–H groups in total. The summed E-state index contributed by atoms with van der Waals surface area (Å²) in [6, 6.07) is 2.70. The van der Waals surface area contributed by atoms with Crippen LogP contribution in [0.3, 0.4) is 0 Å². The second-order valence-electron chi connectivity index (χ2n) is 5.79. The molecule has 2 atom stereocenters. The molecule has 1 aromatic heterocycles. The Morgan fingerprint density at radius 3 is 3.17 bits per heavy atom. The third-order valence-electron chi connectivity index (χ3n) is 4.48. The number of thiophene rings is 1. The molecule has 98 valence electrons. The van der Waals surface area contributed by atoms with Crippen molar-refractivity contribution in [3.8, 4) is 0 Å². The van der Waals surface area contributed by atoms with Crippen LogP contribution in [0.1, 0.15) is 42.7 Å². The summed E-state index contributed by atoms with van der Waals surface area (Å²) in [6.45, 7) is 3.50. The minimum absolute atomic E-state index is 0.459. The molecule has 2 unspecified atom stereocenters. The van der Waals surface area contributed by atoms with Crippen molar-refractivity contribution >= 4 is 17.3 Å². The van der Waals surface area contributed by atoms with Gasteiger partial charge in [0.05, 0.1) is 5.41 Å². The molecular formula is C14H19NO2S. The molecule has 2 aliphatic rings. The van der Waals surface area contributed by atoms with Gasteiger partial charge in [-0.05, 0) is 56.2 Å². The Morgan fingerprint density at radius 1 is 1.61 bits per heavy atom. The van der Waals surface area contributed by atoms with Crippen molar-refractivity contribution in [2.75, 3.05) is 13.1 Å². The van der Waals surface area contributed by atoms with Crippen LogP contribution >= 0.6 is 11.3 Å². The molecule has 1 saturated heterocycles. The lowest BCUT2D eigenvalue weighted by Gasteiger charge is -2.32. The van der Waals surface area contributed by atoms with Crippen LogP contribution in [0.4, 0.5) is 0 Å². The Kier molecular flexibility index (Phi) is 2.94. The predicted octanol–water partition coefficient (Wildman–Crippen LogP) is 2.92. The molecule has 0 saturated carbocycles. The SMILES string of the molecule is CC1(C(=O)O)CCN(C2CCCc3sccc32)C1. The second kappa shape index (κ2) is 4.35. The number of aryl methyl sites for hydroxylation is 1. The van der Waals surface area contributed by atoms with Gasteiger partial charge in [0.1, 0.15) is 0 Å². The van der Waals surface area contributed by atoms with Crippen molar-refractivity contribution in [1.82, 2.24) is 4.90 Å². The molecule has 0 spiro atoms. The number of carboxylic acids is 1. The molecule has 0 radical (unpaired) electrons. The van der Waals surface area contributed by atoms with E-state index < -0.39 is 11.4 Å². The van der Waals surface area contributed by atoms with E-state index in [-0.39, 0.29) is 0 Å². The highest BCUT2D eigenvalue weighted by atomic mass is 32.1. The number of nitrogens with zero attached hydrogens (tertiary/aromatic N) is 1. The van der Waals surface area contributed by atoms with Gasteiger partial charge in [-0.1, -0.05) is 0 Å². The maximum atomic E-state index is 11.3. The molecule has 0 aromatic carbocycles. The number of likely N-dealkylation sites (tertiary alicyclic amines) is 1. The molecule has 1 aliphatic heterocycles. The van der Waals surface area contributed by atoms with Crippen molar-refractivity contribution in [3.63, 3.8) is 0 Å². The number of fused-ring (bicyclic) bond motifs is 1. The van der Waals surface area contributed by atoms with Gasteiger partial charge in [-0.2, -0.15) is 0 Å². The number of carboxylic acid groups (broad SMARTS) is 1. The summed E-state index contributed by atoms with van der Waals surface area (Å²) in [4.78, 5) is 15.2. The first kappa shape index (κ1) is 12.2. The third-order valence-corrected chi connectivity index (χ3v) is 5.48. The zero-order valence-electron chi connectivity index (χ0n) is 10.7. The van der Waals surface area contributed by atoms with E-state index in [1.807, 2.05) is 18.3 Å². The van der Waals surface area contributed by atoms with Gasteiger partial charge in [0, 0.05) is 17.5 Å². The zero-order valence-corrected chi connectivity index (χ0v) is 11.5. The molecule has 0 amide bonds. The molecule has 4 heteroatoms. The molecule has 1 aromatic rings. The smallest absolute Gasteiger partial charge is 0.310 e. The van der Waals surface area contributed by atoms with Gasteiger partial charge in [0.2, 0.25) is 0 Å². The first-order valence-corrected chi connectivity index (χ1v) is 7.52. The molecule has 18 heavy (non-hydrogen) atoms. The van der Waals surface area contributed by atoms with E-state index in [4.69, 9.17) is 0 Å². The molecule has 0 bridgehead atoms. The molecule has 1 aliphatic carbocycles. The van der Waals surface area contributed by atoms with Gasteiger partial charge in [-0.25, -0.2) is 0 Å². The summed E-state index contributed by atoms with van der Waals surface area (Å²) in [6.07, 6.45) is 4.39. The minimum atomic E-state index is -0.647. The van der Waals surface area contributed by atoms with E-state index in [2.05, 4.69) is 16.3 Å². The largest absolute Gasteiger partial charge is 0.481 e. The van der Waals surface area contributed by atoms with Gasteiger partial charge in [-0.15, -0.1) is 11.3 Å². The summed E-state index contributed by atoms with van der Waals surface area (Å²) in [7, 11) is 0. The van der Waals surface area contributed by atoms with Gasteiger partial charge in [0.15, 0.2) is 0 Å². The normalized spacial score (nSPS) is 32.4. The highest BCUT2D eigenvalue weighted by Gasteiger charge is 2.43. The highest BCUT2D eigenvalue weighted by molar-refractivity contribution is 7.10. The fourth-order valence-electron chi connectivity index (χ4n) is 3.28. The second-order valence-corrected chi connectivity index (χ2v) is 6.79. The summed E-state index contributed by atoms with van der Waals surface area (Å²) >= 11 is 1.85. The highest BCUT2D eigenvalue weighted by Crippen LogP contribution is 2.42.